The summed E-state index contributed by atoms with van der Waals surface area (Å²) in [6.07, 6.45) is 3.83. The highest BCUT2D eigenvalue weighted by Crippen LogP contribution is 2.27. The number of fused-ring (bicyclic) bond motifs is 1. The first-order valence-electron chi connectivity index (χ1n) is 7.22. The number of hydrogen-bond acceptors (Lipinski definition) is 5. The number of aromatic nitrogens is 3. The van der Waals surface area contributed by atoms with Gasteiger partial charge in [-0.05, 0) is 38.1 Å². The van der Waals surface area contributed by atoms with Crippen molar-refractivity contribution in [1.29, 1.82) is 0 Å². The Bertz CT molecular complexity index is 756. The molecule has 4 heterocycles. The minimum atomic E-state index is 0.473. The number of anilines is 1. The molecule has 0 spiro atoms. The molecule has 1 saturated heterocycles. The first-order chi connectivity index (χ1) is 10.3. The van der Waals surface area contributed by atoms with E-state index in [9.17, 15) is 0 Å². The van der Waals surface area contributed by atoms with Crippen LogP contribution in [0.2, 0.25) is 0 Å². The quantitative estimate of drug-likeness (QED) is 0.752. The second-order valence-corrected chi connectivity index (χ2v) is 5.41. The molecule has 3 aromatic rings. The maximum absolute atomic E-state index is 6.14. The maximum atomic E-state index is 6.14. The fraction of sp³-hybridized carbons (Fsp3) is 0.333. The molecule has 1 aliphatic rings. The second kappa shape index (κ2) is 4.89. The van der Waals surface area contributed by atoms with Crippen LogP contribution in [0.4, 0.5) is 5.82 Å². The Morgan fingerprint density at radius 2 is 2.14 bits per heavy atom. The van der Waals surface area contributed by atoms with Crippen molar-refractivity contribution in [1.82, 2.24) is 19.9 Å². The van der Waals surface area contributed by atoms with Crippen molar-refractivity contribution in [2.24, 2.45) is 0 Å². The van der Waals surface area contributed by atoms with Gasteiger partial charge in [0.15, 0.2) is 11.4 Å². The number of piperidine rings is 1. The largest absolute Gasteiger partial charge is 0.463 e. The van der Waals surface area contributed by atoms with Crippen LogP contribution in [-0.4, -0.2) is 27.7 Å². The second-order valence-electron chi connectivity index (χ2n) is 5.41. The Hall–Kier alpha value is -2.34. The lowest BCUT2D eigenvalue weighted by Crippen LogP contribution is -2.27. The van der Waals surface area contributed by atoms with Crippen LogP contribution in [0.1, 0.15) is 24.5 Å². The smallest absolute Gasteiger partial charge is 0.158 e. The standard InChI is InChI=1S/C15H17N5O/c16-14-8-11(10-3-5-17-6-4-10)18-15-9-12(19-20(14)15)13-2-1-7-21-13/h1-2,7-10,17H,3-6,16H2. The van der Waals surface area contributed by atoms with Gasteiger partial charge in [-0.15, -0.1) is 0 Å². The Morgan fingerprint density at radius 1 is 1.29 bits per heavy atom. The molecule has 4 rings (SSSR count). The normalized spacial score (nSPS) is 16.6. The van der Waals surface area contributed by atoms with E-state index in [1.54, 1.807) is 10.8 Å². The Labute approximate surface area is 122 Å². The van der Waals surface area contributed by atoms with Gasteiger partial charge < -0.3 is 15.5 Å². The molecule has 21 heavy (non-hydrogen) atoms. The van der Waals surface area contributed by atoms with Crippen LogP contribution in [0, 0.1) is 0 Å². The van der Waals surface area contributed by atoms with E-state index in [1.807, 2.05) is 24.3 Å². The zero-order valence-electron chi connectivity index (χ0n) is 11.6. The average molecular weight is 283 g/mol. The number of nitrogens with two attached hydrogens (primary N) is 1. The third-order valence-electron chi connectivity index (χ3n) is 4.01. The van der Waals surface area contributed by atoms with Crippen molar-refractivity contribution >= 4 is 11.5 Å². The van der Waals surface area contributed by atoms with E-state index in [-0.39, 0.29) is 0 Å². The number of rotatable bonds is 2. The van der Waals surface area contributed by atoms with E-state index in [2.05, 4.69) is 10.4 Å². The van der Waals surface area contributed by atoms with Crippen LogP contribution >= 0.6 is 0 Å². The average Bonchev–Trinajstić information content (AvgIpc) is 3.17. The Balaban J connectivity index is 1.78. The lowest BCUT2D eigenvalue weighted by molar-refractivity contribution is 0.453. The first kappa shape index (κ1) is 12.4. The number of nitrogens with zero attached hydrogens (tertiary/aromatic N) is 3. The molecule has 0 saturated carbocycles. The third kappa shape index (κ3) is 2.17. The summed E-state index contributed by atoms with van der Waals surface area (Å²) >= 11 is 0. The summed E-state index contributed by atoms with van der Waals surface area (Å²) in [4.78, 5) is 4.74. The van der Waals surface area contributed by atoms with Crippen LogP contribution in [0.3, 0.4) is 0 Å². The monoisotopic (exact) mass is 283 g/mol. The van der Waals surface area contributed by atoms with Crippen molar-refractivity contribution in [3.63, 3.8) is 0 Å². The first-order valence-corrected chi connectivity index (χ1v) is 7.22. The zero-order chi connectivity index (χ0) is 14.2. The van der Waals surface area contributed by atoms with Gasteiger partial charge in [0.2, 0.25) is 0 Å². The molecule has 3 aromatic heterocycles. The number of furan rings is 1. The molecule has 108 valence electrons. The van der Waals surface area contributed by atoms with Crippen molar-refractivity contribution in [3.8, 4) is 11.5 Å². The summed E-state index contributed by atoms with van der Waals surface area (Å²) in [5, 5.41) is 7.83. The molecule has 0 unspecified atom stereocenters. The molecule has 0 aromatic carbocycles. The van der Waals surface area contributed by atoms with Crippen LogP contribution in [0.25, 0.3) is 17.1 Å². The number of nitrogen functional groups attached to an aromatic ring is 1. The van der Waals surface area contributed by atoms with E-state index < -0.39 is 0 Å². The molecular formula is C15H17N5O. The summed E-state index contributed by atoms with van der Waals surface area (Å²) in [5.41, 5.74) is 8.73. The zero-order valence-corrected chi connectivity index (χ0v) is 11.6. The van der Waals surface area contributed by atoms with E-state index >= 15 is 0 Å². The van der Waals surface area contributed by atoms with Gasteiger partial charge >= 0.3 is 0 Å². The minimum Gasteiger partial charge on any atom is -0.463 e. The highest BCUT2D eigenvalue weighted by molar-refractivity contribution is 5.61. The van der Waals surface area contributed by atoms with E-state index in [0.29, 0.717) is 11.7 Å². The lowest BCUT2D eigenvalue weighted by atomic mass is 9.94. The third-order valence-corrected chi connectivity index (χ3v) is 4.01. The highest BCUT2D eigenvalue weighted by atomic mass is 16.3. The predicted octanol–water partition coefficient (Wildman–Crippen LogP) is 2.04. The van der Waals surface area contributed by atoms with E-state index in [4.69, 9.17) is 15.1 Å². The van der Waals surface area contributed by atoms with Gasteiger partial charge in [0.1, 0.15) is 11.5 Å². The van der Waals surface area contributed by atoms with E-state index in [0.717, 1.165) is 48.7 Å². The Kier molecular flexibility index (Phi) is 2.89. The number of hydrogen-bond donors (Lipinski definition) is 2. The molecule has 1 fully saturated rings. The molecule has 6 heteroatoms. The fourth-order valence-corrected chi connectivity index (χ4v) is 2.89. The van der Waals surface area contributed by atoms with Crippen LogP contribution in [0.5, 0.6) is 0 Å². The van der Waals surface area contributed by atoms with Gasteiger partial charge in [-0.2, -0.15) is 9.61 Å². The van der Waals surface area contributed by atoms with Crippen molar-refractivity contribution in [3.05, 3.63) is 36.2 Å². The summed E-state index contributed by atoms with van der Waals surface area (Å²) in [6, 6.07) is 7.59. The summed E-state index contributed by atoms with van der Waals surface area (Å²) in [6.45, 7) is 2.07. The van der Waals surface area contributed by atoms with Gasteiger partial charge in [-0.1, -0.05) is 0 Å². The van der Waals surface area contributed by atoms with Gasteiger partial charge in [0, 0.05) is 23.7 Å². The lowest BCUT2D eigenvalue weighted by Gasteiger charge is -2.22. The van der Waals surface area contributed by atoms with Crippen molar-refractivity contribution in [2.75, 3.05) is 18.8 Å². The van der Waals surface area contributed by atoms with E-state index in [1.165, 1.54) is 0 Å². The molecule has 6 nitrogen and oxygen atoms in total. The van der Waals surface area contributed by atoms with Crippen LogP contribution < -0.4 is 11.1 Å². The SMILES string of the molecule is Nc1cc(C2CCNCC2)nc2cc(-c3ccco3)nn12. The summed E-state index contributed by atoms with van der Waals surface area (Å²) in [7, 11) is 0. The molecule has 3 N–H and O–H groups in total. The summed E-state index contributed by atoms with van der Waals surface area (Å²) < 4.78 is 7.05. The maximum Gasteiger partial charge on any atom is 0.158 e. The predicted molar refractivity (Wildman–Crippen MR) is 79.9 cm³/mol. The summed E-state index contributed by atoms with van der Waals surface area (Å²) in [5.74, 6) is 1.81. The number of nitrogens with one attached hydrogen (secondary N) is 1. The van der Waals surface area contributed by atoms with Crippen molar-refractivity contribution < 1.29 is 4.42 Å². The van der Waals surface area contributed by atoms with Gasteiger partial charge in [-0.25, -0.2) is 4.98 Å². The van der Waals surface area contributed by atoms with Crippen LogP contribution in [0.15, 0.2) is 34.9 Å². The Morgan fingerprint density at radius 3 is 2.90 bits per heavy atom. The molecule has 0 radical (unpaired) electrons. The molecule has 0 aliphatic carbocycles. The highest BCUT2D eigenvalue weighted by Gasteiger charge is 2.19. The van der Waals surface area contributed by atoms with Gasteiger partial charge in [0.05, 0.1) is 6.26 Å². The topological polar surface area (TPSA) is 81.4 Å². The van der Waals surface area contributed by atoms with Crippen LogP contribution in [-0.2, 0) is 0 Å². The van der Waals surface area contributed by atoms with Gasteiger partial charge in [0.25, 0.3) is 0 Å². The molecule has 0 amide bonds. The van der Waals surface area contributed by atoms with Crippen molar-refractivity contribution in [2.45, 2.75) is 18.8 Å². The fourth-order valence-electron chi connectivity index (χ4n) is 2.89. The minimum absolute atomic E-state index is 0.473. The molecule has 1 aliphatic heterocycles. The molecule has 0 bridgehead atoms. The molecular weight excluding hydrogens is 266 g/mol. The molecule has 0 atom stereocenters. The van der Waals surface area contributed by atoms with Gasteiger partial charge in [-0.3, -0.25) is 0 Å².